The molecule has 0 aliphatic carbocycles. The molecule has 1 fully saturated rings. The van der Waals surface area contributed by atoms with Gasteiger partial charge in [-0.25, -0.2) is 0 Å². The Morgan fingerprint density at radius 2 is 1.95 bits per heavy atom. The molecule has 0 spiro atoms. The lowest BCUT2D eigenvalue weighted by atomic mass is 9.87. The summed E-state index contributed by atoms with van der Waals surface area (Å²) in [4.78, 5) is 6.68. The zero-order valence-corrected chi connectivity index (χ0v) is 13.6. The number of nitrogens with zero attached hydrogens (tertiary/aromatic N) is 2. The Kier molecular flexibility index (Phi) is 6.15. The summed E-state index contributed by atoms with van der Waals surface area (Å²) < 4.78 is 5.50. The molecular formula is C17H29N3O. The van der Waals surface area contributed by atoms with Gasteiger partial charge in [0.1, 0.15) is 0 Å². The fourth-order valence-electron chi connectivity index (χ4n) is 3.00. The number of morpholine rings is 1. The molecular weight excluding hydrogens is 262 g/mol. The molecule has 118 valence electrons. The first kappa shape index (κ1) is 16.4. The van der Waals surface area contributed by atoms with Crippen molar-refractivity contribution in [3.63, 3.8) is 0 Å². The summed E-state index contributed by atoms with van der Waals surface area (Å²) in [6.45, 7) is 11.7. The van der Waals surface area contributed by atoms with Gasteiger partial charge in [0, 0.05) is 37.1 Å². The summed E-state index contributed by atoms with van der Waals surface area (Å²) >= 11 is 0. The first-order valence-corrected chi connectivity index (χ1v) is 8.09. The minimum Gasteiger partial charge on any atom is -0.379 e. The number of nitrogens with one attached hydrogen (secondary N) is 1. The number of rotatable bonds is 7. The zero-order valence-electron chi connectivity index (χ0n) is 13.6. The van der Waals surface area contributed by atoms with Crippen LogP contribution in [0.1, 0.15) is 32.8 Å². The Bertz CT molecular complexity index is 402. The average Bonchev–Trinajstić information content (AvgIpc) is 2.53. The summed E-state index contributed by atoms with van der Waals surface area (Å²) in [5.41, 5.74) is 1.46. The summed E-state index contributed by atoms with van der Waals surface area (Å²) in [6, 6.07) is 4.67. The number of ether oxygens (including phenoxy) is 1. The van der Waals surface area contributed by atoms with Gasteiger partial charge in [-0.05, 0) is 50.9 Å². The number of aromatic nitrogens is 1. The Morgan fingerprint density at radius 1 is 1.29 bits per heavy atom. The molecule has 21 heavy (non-hydrogen) atoms. The van der Waals surface area contributed by atoms with Gasteiger partial charge in [0.05, 0.1) is 13.2 Å². The standard InChI is InChI=1S/C17H29N3O/c1-4-7-19-16(14-15-5-8-18-9-6-15)17(2,3)20-10-12-21-13-11-20/h5-6,8-9,16,19H,4,7,10-14H2,1-3H3. The van der Waals surface area contributed by atoms with Crippen molar-refractivity contribution >= 4 is 0 Å². The van der Waals surface area contributed by atoms with Crippen LogP contribution >= 0.6 is 0 Å². The smallest absolute Gasteiger partial charge is 0.0594 e. The molecule has 2 heterocycles. The van der Waals surface area contributed by atoms with Gasteiger partial charge in [0.2, 0.25) is 0 Å². The van der Waals surface area contributed by atoms with Crippen molar-refractivity contribution in [1.29, 1.82) is 0 Å². The minimum absolute atomic E-state index is 0.113. The summed E-state index contributed by atoms with van der Waals surface area (Å²) in [5.74, 6) is 0. The van der Waals surface area contributed by atoms with Gasteiger partial charge >= 0.3 is 0 Å². The Hall–Kier alpha value is -0.970. The van der Waals surface area contributed by atoms with E-state index >= 15 is 0 Å². The highest BCUT2D eigenvalue weighted by Crippen LogP contribution is 2.23. The van der Waals surface area contributed by atoms with E-state index in [1.165, 1.54) is 5.56 Å². The molecule has 1 aromatic heterocycles. The van der Waals surface area contributed by atoms with E-state index < -0.39 is 0 Å². The fourth-order valence-corrected chi connectivity index (χ4v) is 3.00. The second-order valence-corrected chi connectivity index (χ2v) is 6.32. The van der Waals surface area contributed by atoms with Gasteiger partial charge < -0.3 is 10.1 Å². The van der Waals surface area contributed by atoms with Crippen LogP contribution in [0, 0.1) is 0 Å². The van der Waals surface area contributed by atoms with Crippen molar-refractivity contribution in [1.82, 2.24) is 15.2 Å². The molecule has 1 atom stereocenters. The van der Waals surface area contributed by atoms with Crippen molar-refractivity contribution in [2.24, 2.45) is 0 Å². The summed E-state index contributed by atoms with van der Waals surface area (Å²) in [6.07, 6.45) is 5.96. The van der Waals surface area contributed by atoms with Crippen molar-refractivity contribution in [3.8, 4) is 0 Å². The summed E-state index contributed by atoms with van der Waals surface area (Å²) in [5, 5.41) is 3.75. The highest BCUT2D eigenvalue weighted by atomic mass is 16.5. The van der Waals surface area contributed by atoms with Crippen LogP contribution in [0.5, 0.6) is 0 Å². The van der Waals surface area contributed by atoms with Crippen molar-refractivity contribution in [3.05, 3.63) is 30.1 Å². The molecule has 4 heteroatoms. The molecule has 1 aliphatic heterocycles. The van der Waals surface area contributed by atoms with Crippen molar-refractivity contribution in [2.75, 3.05) is 32.8 Å². The molecule has 0 radical (unpaired) electrons. The lowest BCUT2D eigenvalue weighted by Crippen LogP contribution is -2.61. The minimum atomic E-state index is 0.113. The third kappa shape index (κ3) is 4.50. The topological polar surface area (TPSA) is 37.4 Å². The van der Waals surface area contributed by atoms with E-state index in [1.807, 2.05) is 12.4 Å². The van der Waals surface area contributed by atoms with E-state index in [4.69, 9.17) is 4.74 Å². The fraction of sp³-hybridized carbons (Fsp3) is 0.706. The van der Waals surface area contributed by atoms with Crippen molar-refractivity contribution < 1.29 is 4.74 Å². The molecule has 1 N–H and O–H groups in total. The van der Waals surface area contributed by atoms with E-state index in [0.29, 0.717) is 6.04 Å². The predicted octanol–water partition coefficient (Wildman–Crippen LogP) is 2.10. The molecule has 1 aromatic rings. The van der Waals surface area contributed by atoms with Gasteiger partial charge in [-0.1, -0.05) is 6.92 Å². The normalized spacial score (nSPS) is 18.6. The maximum Gasteiger partial charge on any atom is 0.0594 e. The third-order valence-electron chi connectivity index (χ3n) is 4.51. The van der Waals surface area contributed by atoms with Crippen LogP contribution < -0.4 is 5.32 Å². The number of hydrogen-bond acceptors (Lipinski definition) is 4. The molecule has 2 rings (SSSR count). The molecule has 1 unspecified atom stereocenters. The van der Waals surface area contributed by atoms with Gasteiger partial charge in [-0.3, -0.25) is 9.88 Å². The molecule has 0 amide bonds. The zero-order chi connectivity index (χ0) is 15.1. The maximum absolute atomic E-state index is 5.50. The largest absolute Gasteiger partial charge is 0.379 e. The van der Waals surface area contributed by atoms with Crippen LogP contribution in [0.25, 0.3) is 0 Å². The Balaban J connectivity index is 2.09. The van der Waals surface area contributed by atoms with Gasteiger partial charge in [0.25, 0.3) is 0 Å². The van der Waals surface area contributed by atoms with E-state index in [9.17, 15) is 0 Å². The highest BCUT2D eigenvalue weighted by Gasteiger charge is 2.35. The van der Waals surface area contributed by atoms with Crippen LogP contribution in [0.3, 0.4) is 0 Å². The van der Waals surface area contributed by atoms with Crippen LogP contribution in [0.15, 0.2) is 24.5 Å². The van der Waals surface area contributed by atoms with Crippen LogP contribution in [0.4, 0.5) is 0 Å². The molecule has 0 saturated carbocycles. The number of pyridine rings is 1. The van der Waals surface area contributed by atoms with Gasteiger partial charge in [-0.15, -0.1) is 0 Å². The van der Waals surface area contributed by atoms with Gasteiger partial charge in [-0.2, -0.15) is 0 Å². The molecule has 1 saturated heterocycles. The van der Waals surface area contributed by atoms with Crippen LogP contribution in [-0.2, 0) is 11.2 Å². The SMILES string of the molecule is CCCNC(Cc1ccncc1)C(C)(C)N1CCOCC1. The van der Waals surface area contributed by atoms with Crippen molar-refractivity contribution in [2.45, 2.75) is 45.2 Å². The Labute approximate surface area is 128 Å². The lowest BCUT2D eigenvalue weighted by Gasteiger charge is -2.46. The molecule has 4 nitrogen and oxygen atoms in total. The lowest BCUT2D eigenvalue weighted by molar-refractivity contribution is -0.0232. The molecule has 0 aromatic carbocycles. The maximum atomic E-state index is 5.50. The first-order valence-electron chi connectivity index (χ1n) is 8.09. The van der Waals surface area contributed by atoms with Crippen LogP contribution in [-0.4, -0.2) is 54.3 Å². The predicted molar refractivity (Wildman–Crippen MR) is 86.5 cm³/mol. The third-order valence-corrected chi connectivity index (χ3v) is 4.51. The second kappa shape index (κ2) is 7.87. The monoisotopic (exact) mass is 291 g/mol. The summed E-state index contributed by atoms with van der Waals surface area (Å²) in [7, 11) is 0. The second-order valence-electron chi connectivity index (χ2n) is 6.32. The Morgan fingerprint density at radius 3 is 2.57 bits per heavy atom. The van der Waals surface area contributed by atoms with E-state index in [0.717, 1.165) is 45.7 Å². The molecule has 1 aliphatic rings. The average molecular weight is 291 g/mol. The van der Waals surface area contributed by atoms with E-state index in [2.05, 4.69) is 48.1 Å². The number of hydrogen-bond donors (Lipinski definition) is 1. The quantitative estimate of drug-likeness (QED) is 0.835. The highest BCUT2D eigenvalue weighted by molar-refractivity contribution is 5.14. The molecule has 0 bridgehead atoms. The van der Waals surface area contributed by atoms with E-state index in [1.54, 1.807) is 0 Å². The van der Waals surface area contributed by atoms with Crippen LogP contribution in [0.2, 0.25) is 0 Å². The van der Waals surface area contributed by atoms with E-state index in [-0.39, 0.29) is 5.54 Å². The first-order chi connectivity index (χ1) is 10.1. The van der Waals surface area contributed by atoms with Gasteiger partial charge in [0.15, 0.2) is 0 Å².